The third kappa shape index (κ3) is 2.15. The van der Waals surface area contributed by atoms with E-state index in [0.717, 1.165) is 19.6 Å². The molecule has 1 fully saturated rings. The normalized spacial score (nSPS) is 28.1. The van der Waals surface area contributed by atoms with Crippen LogP contribution in [0.3, 0.4) is 0 Å². The Balaban J connectivity index is 2.24. The fourth-order valence-electron chi connectivity index (χ4n) is 1.38. The van der Waals surface area contributed by atoms with Gasteiger partial charge in [0.15, 0.2) is 6.35 Å². The standard InChI is InChI=1S/C8H18N2O/c1-3-4-5-10-7-6-9(2)8(10)11/h8,11H,3-7H2,1-2H3. The van der Waals surface area contributed by atoms with Gasteiger partial charge in [0.1, 0.15) is 0 Å². The Morgan fingerprint density at radius 1 is 1.45 bits per heavy atom. The van der Waals surface area contributed by atoms with Crippen LogP contribution in [0.1, 0.15) is 19.8 Å². The van der Waals surface area contributed by atoms with E-state index in [1.807, 2.05) is 11.9 Å². The van der Waals surface area contributed by atoms with Crippen molar-refractivity contribution in [1.82, 2.24) is 9.80 Å². The minimum atomic E-state index is -0.332. The molecule has 1 heterocycles. The molecule has 1 aliphatic heterocycles. The first-order chi connectivity index (χ1) is 5.25. The smallest absolute Gasteiger partial charge is 0.165 e. The second kappa shape index (κ2) is 4.04. The van der Waals surface area contributed by atoms with Gasteiger partial charge in [0.2, 0.25) is 0 Å². The summed E-state index contributed by atoms with van der Waals surface area (Å²) in [5.74, 6) is 0. The molecular weight excluding hydrogens is 140 g/mol. The minimum Gasteiger partial charge on any atom is -0.365 e. The van der Waals surface area contributed by atoms with Crippen molar-refractivity contribution < 1.29 is 5.11 Å². The lowest BCUT2D eigenvalue weighted by molar-refractivity contribution is -0.0459. The number of nitrogens with zero attached hydrogens (tertiary/aromatic N) is 2. The summed E-state index contributed by atoms with van der Waals surface area (Å²) in [5, 5.41) is 9.54. The van der Waals surface area contributed by atoms with E-state index in [2.05, 4.69) is 11.8 Å². The number of hydrogen-bond acceptors (Lipinski definition) is 3. The zero-order valence-electron chi connectivity index (χ0n) is 7.45. The second-order valence-corrected chi connectivity index (χ2v) is 3.22. The predicted octanol–water partition coefficient (Wildman–Crippen LogP) is 0.310. The van der Waals surface area contributed by atoms with Crippen LogP contribution < -0.4 is 0 Å². The van der Waals surface area contributed by atoms with Crippen LogP contribution in [0.2, 0.25) is 0 Å². The van der Waals surface area contributed by atoms with Gasteiger partial charge in [0, 0.05) is 19.6 Å². The van der Waals surface area contributed by atoms with Gasteiger partial charge in [0.25, 0.3) is 0 Å². The highest BCUT2D eigenvalue weighted by Crippen LogP contribution is 2.09. The van der Waals surface area contributed by atoms with Crippen LogP contribution in [0.4, 0.5) is 0 Å². The summed E-state index contributed by atoms with van der Waals surface area (Å²) < 4.78 is 0. The molecule has 11 heavy (non-hydrogen) atoms. The first-order valence-electron chi connectivity index (χ1n) is 4.38. The molecule has 0 bridgehead atoms. The van der Waals surface area contributed by atoms with Gasteiger partial charge in [-0.05, 0) is 13.5 Å². The second-order valence-electron chi connectivity index (χ2n) is 3.22. The van der Waals surface area contributed by atoms with E-state index < -0.39 is 0 Å². The van der Waals surface area contributed by atoms with Crippen molar-refractivity contribution in [1.29, 1.82) is 0 Å². The molecule has 66 valence electrons. The third-order valence-corrected chi connectivity index (χ3v) is 2.26. The molecule has 3 heteroatoms. The van der Waals surface area contributed by atoms with Crippen LogP contribution in [0.25, 0.3) is 0 Å². The third-order valence-electron chi connectivity index (χ3n) is 2.26. The van der Waals surface area contributed by atoms with E-state index in [1.54, 1.807) is 0 Å². The highest BCUT2D eigenvalue weighted by molar-refractivity contribution is 4.71. The molecule has 1 aliphatic rings. The zero-order valence-corrected chi connectivity index (χ0v) is 7.45. The molecule has 1 atom stereocenters. The molecular formula is C8H18N2O. The predicted molar refractivity (Wildman–Crippen MR) is 45.1 cm³/mol. The molecule has 3 nitrogen and oxygen atoms in total. The summed E-state index contributed by atoms with van der Waals surface area (Å²) in [6, 6.07) is 0. The van der Waals surface area contributed by atoms with Crippen LogP contribution in [0.5, 0.6) is 0 Å². The average Bonchev–Trinajstić information content (AvgIpc) is 2.31. The Kier molecular flexibility index (Phi) is 3.30. The van der Waals surface area contributed by atoms with Crippen molar-refractivity contribution >= 4 is 0 Å². The Morgan fingerprint density at radius 2 is 2.18 bits per heavy atom. The van der Waals surface area contributed by atoms with E-state index in [1.165, 1.54) is 12.8 Å². The zero-order chi connectivity index (χ0) is 8.27. The van der Waals surface area contributed by atoms with Crippen LogP contribution in [0, 0.1) is 0 Å². The largest absolute Gasteiger partial charge is 0.365 e. The summed E-state index contributed by atoms with van der Waals surface area (Å²) in [4.78, 5) is 4.08. The van der Waals surface area contributed by atoms with Gasteiger partial charge < -0.3 is 5.11 Å². The maximum absolute atomic E-state index is 9.54. The van der Waals surface area contributed by atoms with Gasteiger partial charge in [-0.15, -0.1) is 0 Å². The van der Waals surface area contributed by atoms with Crippen LogP contribution in [0.15, 0.2) is 0 Å². The molecule has 0 spiro atoms. The lowest BCUT2D eigenvalue weighted by atomic mass is 10.3. The number of likely N-dealkylation sites (N-methyl/N-ethyl adjacent to an activating group) is 1. The molecule has 0 amide bonds. The Bertz CT molecular complexity index is 119. The van der Waals surface area contributed by atoms with Crippen molar-refractivity contribution in [3.05, 3.63) is 0 Å². The number of hydrogen-bond donors (Lipinski definition) is 1. The fourth-order valence-corrected chi connectivity index (χ4v) is 1.38. The van der Waals surface area contributed by atoms with Gasteiger partial charge in [-0.25, -0.2) is 0 Å². The van der Waals surface area contributed by atoms with E-state index in [-0.39, 0.29) is 6.35 Å². The highest BCUT2D eigenvalue weighted by atomic mass is 16.3. The van der Waals surface area contributed by atoms with Crippen molar-refractivity contribution in [2.75, 3.05) is 26.7 Å². The van der Waals surface area contributed by atoms with E-state index in [0.29, 0.717) is 0 Å². The number of aliphatic hydroxyl groups excluding tert-OH is 1. The topological polar surface area (TPSA) is 26.7 Å². The number of unbranched alkanes of at least 4 members (excludes halogenated alkanes) is 1. The Hall–Kier alpha value is -0.120. The van der Waals surface area contributed by atoms with Gasteiger partial charge >= 0.3 is 0 Å². The minimum absolute atomic E-state index is 0.332. The SMILES string of the molecule is CCCCN1CCN(C)C1O. The van der Waals surface area contributed by atoms with E-state index in [4.69, 9.17) is 0 Å². The first-order valence-corrected chi connectivity index (χ1v) is 4.38. The highest BCUT2D eigenvalue weighted by Gasteiger charge is 2.25. The summed E-state index contributed by atoms with van der Waals surface area (Å²) in [5.41, 5.74) is 0. The summed E-state index contributed by atoms with van der Waals surface area (Å²) in [6.07, 6.45) is 2.05. The quantitative estimate of drug-likeness (QED) is 0.640. The lowest BCUT2D eigenvalue weighted by Crippen LogP contribution is -2.36. The van der Waals surface area contributed by atoms with Crippen molar-refractivity contribution in [2.45, 2.75) is 26.1 Å². The molecule has 0 aromatic heterocycles. The fraction of sp³-hybridized carbons (Fsp3) is 1.00. The Labute approximate surface area is 68.6 Å². The molecule has 0 saturated carbocycles. The first kappa shape index (κ1) is 8.97. The van der Waals surface area contributed by atoms with Crippen molar-refractivity contribution in [3.8, 4) is 0 Å². The number of aliphatic hydroxyl groups is 1. The van der Waals surface area contributed by atoms with Gasteiger partial charge in [-0.1, -0.05) is 13.3 Å². The lowest BCUT2D eigenvalue weighted by Gasteiger charge is -2.22. The molecule has 0 aromatic rings. The summed E-state index contributed by atoms with van der Waals surface area (Å²) in [7, 11) is 1.95. The number of rotatable bonds is 3. The molecule has 0 aromatic carbocycles. The van der Waals surface area contributed by atoms with Crippen molar-refractivity contribution in [3.63, 3.8) is 0 Å². The molecule has 1 saturated heterocycles. The summed E-state index contributed by atoms with van der Waals surface area (Å²) >= 11 is 0. The molecule has 0 radical (unpaired) electrons. The molecule has 1 rings (SSSR count). The van der Waals surface area contributed by atoms with Gasteiger partial charge in [-0.3, -0.25) is 9.80 Å². The summed E-state index contributed by atoms with van der Waals surface area (Å²) in [6.45, 7) is 5.21. The van der Waals surface area contributed by atoms with Gasteiger partial charge in [0.05, 0.1) is 0 Å². The van der Waals surface area contributed by atoms with Crippen LogP contribution in [-0.4, -0.2) is 47.9 Å². The molecule has 1 N–H and O–H groups in total. The van der Waals surface area contributed by atoms with Crippen molar-refractivity contribution in [2.24, 2.45) is 0 Å². The van der Waals surface area contributed by atoms with E-state index >= 15 is 0 Å². The Morgan fingerprint density at radius 3 is 2.64 bits per heavy atom. The average molecular weight is 158 g/mol. The molecule has 1 unspecified atom stereocenters. The maximum Gasteiger partial charge on any atom is 0.165 e. The molecule has 0 aliphatic carbocycles. The van der Waals surface area contributed by atoms with Crippen LogP contribution >= 0.6 is 0 Å². The monoisotopic (exact) mass is 158 g/mol. The van der Waals surface area contributed by atoms with Gasteiger partial charge in [-0.2, -0.15) is 0 Å². The van der Waals surface area contributed by atoms with Crippen LogP contribution in [-0.2, 0) is 0 Å². The maximum atomic E-state index is 9.54. The van der Waals surface area contributed by atoms with E-state index in [9.17, 15) is 5.11 Å².